The van der Waals surface area contributed by atoms with Crippen molar-refractivity contribution in [3.8, 4) is 0 Å². The van der Waals surface area contributed by atoms with Crippen LogP contribution in [0.3, 0.4) is 0 Å². The van der Waals surface area contributed by atoms with Crippen LogP contribution >= 0.6 is 0 Å². The van der Waals surface area contributed by atoms with Crippen molar-refractivity contribution >= 4 is 0 Å². The average molecular weight is 157 g/mol. The Balaban J connectivity index is 2.44. The van der Waals surface area contributed by atoms with Crippen LogP contribution in [0.15, 0.2) is 0 Å². The van der Waals surface area contributed by atoms with Gasteiger partial charge < -0.3 is 10.5 Å². The average Bonchev–Trinajstić information content (AvgIpc) is 1.85. The maximum atomic E-state index is 5.95. The molecule has 1 saturated heterocycles. The van der Waals surface area contributed by atoms with Crippen molar-refractivity contribution in [3.63, 3.8) is 0 Å². The zero-order valence-electron chi connectivity index (χ0n) is 7.71. The Bertz CT molecular complexity index is 125. The first-order valence-corrected chi connectivity index (χ1v) is 4.48. The molecule has 2 heteroatoms. The van der Waals surface area contributed by atoms with Crippen LogP contribution in [-0.4, -0.2) is 18.8 Å². The van der Waals surface area contributed by atoms with Crippen molar-refractivity contribution in [2.75, 3.05) is 6.61 Å². The molecular formula is C9H19NO. The lowest BCUT2D eigenvalue weighted by atomic mass is 9.90. The molecule has 0 saturated carbocycles. The summed E-state index contributed by atoms with van der Waals surface area (Å²) in [4.78, 5) is 0. The zero-order valence-corrected chi connectivity index (χ0v) is 7.71. The van der Waals surface area contributed by atoms with E-state index in [2.05, 4.69) is 20.8 Å². The molecule has 3 atom stereocenters. The summed E-state index contributed by atoms with van der Waals surface area (Å²) in [7, 11) is 0. The molecule has 0 radical (unpaired) electrons. The molecule has 1 aliphatic heterocycles. The minimum absolute atomic E-state index is 0.249. The summed E-state index contributed by atoms with van der Waals surface area (Å²) >= 11 is 0. The third-order valence-corrected chi connectivity index (χ3v) is 2.33. The molecule has 0 bridgehead atoms. The van der Waals surface area contributed by atoms with Crippen LogP contribution in [0.2, 0.25) is 0 Å². The van der Waals surface area contributed by atoms with Crippen LogP contribution in [0.4, 0.5) is 0 Å². The normalized spacial score (nSPS) is 39.5. The number of rotatable bonds is 1. The molecule has 0 aromatic rings. The molecule has 2 nitrogen and oxygen atoms in total. The summed E-state index contributed by atoms with van der Waals surface area (Å²) in [6.45, 7) is 7.41. The number of ether oxygens (including phenoxy) is 1. The SMILES string of the molecule is CC1COC(C(C)C)C(N)C1. The molecule has 1 heterocycles. The first-order chi connectivity index (χ1) is 5.11. The van der Waals surface area contributed by atoms with Crippen molar-refractivity contribution < 1.29 is 4.74 Å². The first-order valence-electron chi connectivity index (χ1n) is 4.48. The molecule has 0 aromatic carbocycles. The van der Waals surface area contributed by atoms with Gasteiger partial charge in [-0.3, -0.25) is 0 Å². The summed E-state index contributed by atoms with van der Waals surface area (Å²) in [5, 5.41) is 0. The van der Waals surface area contributed by atoms with Crippen LogP contribution < -0.4 is 5.73 Å². The van der Waals surface area contributed by atoms with Gasteiger partial charge in [-0.25, -0.2) is 0 Å². The zero-order chi connectivity index (χ0) is 8.43. The molecular weight excluding hydrogens is 138 g/mol. The van der Waals surface area contributed by atoms with Gasteiger partial charge in [0, 0.05) is 12.6 Å². The van der Waals surface area contributed by atoms with E-state index in [1.54, 1.807) is 0 Å². The highest BCUT2D eigenvalue weighted by molar-refractivity contribution is 4.82. The van der Waals surface area contributed by atoms with Crippen molar-refractivity contribution in [1.82, 2.24) is 0 Å². The van der Waals surface area contributed by atoms with E-state index in [-0.39, 0.29) is 12.1 Å². The molecule has 0 amide bonds. The number of hydrogen-bond acceptors (Lipinski definition) is 2. The fraction of sp³-hybridized carbons (Fsp3) is 1.00. The van der Waals surface area contributed by atoms with Gasteiger partial charge in [-0.2, -0.15) is 0 Å². The second-order valence-electron chi connectivity index (χ2n) is 4.05. The summed E-state index contributed by atoms with van der Waals surface area (Å²) in [5.41, 5.74) is 5.95. The maximum Gasteiger partial charge on any atom is 0.0748 e. The van der Waals surface area contributed by atoms with E-state index < -0.39 is 0 Å². The Kier molecular flexibility index (Phi) is 2.90. The molecule has 0 spiro atoms. The van der Waals surface area contributed by atoms with E-state index >= 15 is 0 Å². The molecule has 2 N–H and O–H groups in total. The van der Waals surface area contributed by atoms with E-state index in [1.807, 2.05) is 0 Å². The molecule has 11 heavy (non-hydrogen) atoms. The van der Waals surface area contributed by atoms with Gasteiger partial charge >= 0.3 is 0 Å². The van der Waals surface area contributed by atoms with Crippen molar-refractivity contribution in [1.29, 1.82) is 0 Å². The van der Waals surface area contributed by atoms with Crippen LogP contribution in [0.25, 0.3) is 0 Å². The van der Waals surface area contributed by atoms with Crippen molar-refractivity contribution in [2.45, 2.75) is 39.3 Å². The van der Waals surface area contributed by atoms with Gasteiger partial charge in [0.1, 0.15) is 0 Å². The lowest BCUT2D eigenvalue weighted by molar-refractivity contribution is -0.0485. The quantitative estimate of drug-likeness (QED) is 0.624. The topological polar surface area (TPSA) is 35.2 Å². The second-order valence-corrected chi connectivity index (χ2v) is 4.05. The standard InChI is InChI=1S/C9H19NO/c1-6(2)9-8(10)4-7(3)5-11-9/h6-9H,4-5,10H2,1-3H3. The molecule has 1 fully saturated rings. The van der Waals surface area contributed by atoms with E-state index in [1.165, 1.54) is 0 Å². The van der Waals surface area contributed by atoms with Crippen LogP contribution in [-0.2, 0) is 4.74 Å². The highest BCUT2D eigenvalue weighted by atomic mass is 16.5. The van der Waals surface area contributed by atoms with E-state index in [0.717, 1.165) is 13.0 Å². The van der Waals surface area contributed by atoms with Gasteiger partial charge in [0.05, 0.1) is 6.10 Å². The lowest BCUT2D eigenvalue weighted by Crippen LogP contribution is -2.46. The number of nitrogens with two attached hydrogens (primary N) is 1. The Morgan fingerprint density at radius 1 is 1.45 bits per heavy atom. The summed E-state index contributed by atoms with van der Waals surface area (Å²) < 4.78 is 5.64. The highest BCUT2D eigenvalue weighted by Crippen LogP contribution is 2.22. The Hall–Kier alpha value is -0.0800. The molecule has 0 aliphatic carbocycles. The molecule has 0 aromatic heterocycles. The minimum Gasteiger partial charge on any atom is -0.376 e. The fourth-order valence-corrected chi connectivity index (χ4v) is 1.75. The van der Waals surface area contributed by atoms with Gasteiger partial charge in [0.15, 0.2) is 0 Å². The molecule has 1 aliphatic rings. The monoisotopic (exact) mass is 157 g/mol. The largest absolute Gasteiger partial charge is 0.376 e. The molecule has 3 unspecified atom stereocenters. The second kappa shape index (κ2) is 3.55. The van der Waals surface area contributed by atoms with Crippen LogP contribution in [0.1, 0.15) is 27.2 Å². The molecule has 1 rings (SSSR count). The van der Waals surface area contributed by atoms with Crippen LogP contribution in [0, 0.1) is 11.8 Å². The lowest BCUT2D eigenvalue weighted by Gasteiger charge is -2.35. The highest BCUT2D eigenvalue weighted by Gasteiger charge is 2.28. The summed E-state index contributed by atoms with van der Waals surface area (Å²) in [6, 6.07) is 0.249. The Morgan fingerprint density at radius 2 is 2.09 bits per heavy atom. The maximum absolute atomic E-state index is 5.95. The smallest absolute Gasteiger partial charge is 0.0748 e. The van der Waals surface area contributed by atoms with Gasteiger partial charge in [0.2, 0.25) is 0 Å². The number of hydrogen-bond donors (Lipinski definition) is 1. The van der Waals surface area contributed by atoms with Crippen molar-refractivity contribution in [2.24, 2.45) is 17.6 Å². The first kappa shape index (κ1) is 9.01. The molecule has 66 valence electrons. The Morgan fingerprint density at radius 3 is 2.55 bits per heavy atom. The third-order valence-electron chi connectivity index (χ3n) is 2.33. The van der Waals surface area contributed by atoms with Gasteiger partial charge in [-0.05, 0) is 18.3 Å². The van der Waals surface area contributed by atoms with Crippen LogP contribution in [0.5, 0.6) is 0 Å². The summed E-state index contributed by atoms with van der Waals surface area (Å²) in [6.07, 6.45) is 1.40. The Labute approximate surface area is 69.1 Å². The minimum atomic E-state index is 0.249. The van der Waals surface area contributed by atoms with E-state index in [9.17, 15) is 0 Å². The summed E-state index contributed by atoms with van der Waals surface area (Å²) in [5.74, 6) is 1.19. The van der Waals surface area contributed by atoms with E-state index in [4.69, 9.17) is 10.5 Å². The third kappa shape index (κ3) is 2.17. The van der Waals surface area contributed by atoms with Gasteiger partial charge in [0.25, 0.3) is 0 Å². The van der Waals surface area contributed by atoms with E-state index in [0.29, 0.717) is 11.8 Å². The van der Waals surface area contributed by atoms with Crippen molar-refractivity contribution in [3.05, 3.63) is 0 Å². The predicted octanol–water partition coefficient (Wildman–Crippen LogP) is 1.39. The fourth-order valence-electron chi connectivity index (χ4n) is 1.75. The van der Waals surface area contributed by atoms with Gasteiger partial charge in [-0.15, -0.1) is 0 Å². The predicted molar refractivity (Wildman–Crippen MR) is 46.3 cm³/mol. The van der Waals surface area contributed by atoms with Gasteiger partial charge in [-0.1, -0.05) is 20.8 Å².